The number of halogens is 1. The van der Waals surface area contributed by atoms with Crippen LogP contribution in [-0.2, 0) is 9.53 Å². The average Bonchev–Trinajstić information content (AvgIpc) is 2.68. The summed E-state index contributed by atoms with van der Waals surface area (Å²) in [7, 11) is 0. The van der Waals surface area contributed by atoms with Gasteiger partial charge in [-0.3, -0.25) is 4.79 Å². The van der Waals surface area contributed by atoms with Gasteiger partial charge in [0.05, 0.1) is 6.61 Å². The van der Waals surface area contributed by atoms with E-state index in [0.717, 1.165) is 30.5 Å². The van der Waals surface area contributed by atoms with Crippen molar-refractivity contribution in [3.63, 3.8) is 0 Å². The lowest BCUT2D eigenvalue weighted by Crippen LogP contribution is -2.10. The standard InChI is InChI=1S/C24H47BrO2/c1-3-5-7-9-11-13-17-23(18-14-12-10-8-6-4-2)19-20-24(26)27-22-16-15-21-25/h23H,3-22H2,1-2H3. The highest BCUT2D eigenvalue weighted by molar-refractivity contribution is 9.09. The number of esters is 1. The molecule has 0 N–H and O–H groups in total. The molecule has 0 unspecified atom stereocenters. The molecular formula is C24H47BrO2. The van der Waals surface area contributed by atoms with Gasteiger partial charge in [0.15, 0.2) is 0 Å². The van der Waals surface area contributed by atoms with Gasteiger partial charge in [0.2, 0.25) is 0 Å². The zero-order valence-corrected chi connectivity index (χ0v) is 20.0. The lowest BCUT2D eigenvalue weighted by Gasteiger charge is -2.17. The monoisotopic (exact) mass is 446 g/mol. The molecule has 0 heterocycles. The second kappa shape index (κ2) is 22.2. The number of carbonyl (C=O) groups is 1. The first-order valence-corrected chi connectivity index (χ1v) is 13.1. The number of alkyl halides is 1. The average molecular weight is 448 g/mol. The quantitative estimate of drug-likeness (QED) is 0.100. The zero-order chi connectivity index (χ0) is 20.0. The van der Waals surface area contributed by atoms with Crippen LogP contribution >= 0.6 is 15.9 Å². The Balaban J connectivity index is 3.97. The van der Waals surface area contributed by atoms with E-state index < -0.39 is 0 Å². The molecule has 0 aromatic carbocycles. The summed E-state index contributed by atoms with van der Waals surface area (Å²) in [6.07, 6.45) is 22.6. The lowest BCUT2D eigenvalue weighted by atomic mass is 9.90. The fourth-order valence-electron chi connectivity index (χ4n) is 3.64. The van der Waals surface area contributed by atoms with Crippen LogP contribution in [0, 0.1) is 5.92 Å². The second-order valence-electron chi connectivity index (χ2n) is 8.13. The molecule has 0 amide bonds. The van der Waals surface area contributed by atoms with Crippen molar-refractivity contribution in [3.8, 4) is 0 Å². The molecule has 0 spiro atoms. The van der Waals surface area contributed by atoms with Crippen molar-refractivity contribution in [1.29, 1.82) is 0 Å². The molecule has 162 valence electrons. The number of hydrogen-bond donors (Lipinski definition) is 0. The Kier molecular flexibility index (Phi) is 22.2. The second-order valence-corrected chi connectivity index (χ2v) is 8.93. The predicted octanol–water partition coefficient (Wildman–Crippen LogP) is 8.60. The third-order valence-electron chi connectivity index (χ3n) is 5.48. The molecule has 0 aromatic rings. The third-order valence-corrected chi connectivity index (χ3v) is 6.04. The van der Waals surface area contributed by atoms with Crippen LogP contribution in [0.3, 0.4) is 0 Å². The molecule has 0 aliphatic carbocycles. The van der Waals surface area contributed by atoms with Gasteiger partial charge in [0, 0.05) is 11.8 Å². The van der Waals surface area contributed by atoms with Crippen molar-refractivity contribution in [2.45, 2.75) is 129 Å². The van der Waals surface area contributed by atoms with Crippen molar-refractivity contribution in [2.75, 3.05) is 11.9 Å². The maximum Gasteiger partial charge on any atom is 0.305 e. The van der Waals surface area contributed by atoms with E-state index in [4.69, 9.17) is 4.74 Å². The van der Waals surface area contributed by atoms with E-state index in [1.54, 1.807) is 0 Å². The largest absolute Gasteiger partial charge is 0.466 e. The molecule has 0 saturated heterocycles. The van der Waals surface area contributed by atoms with Crippen molar-refractivity contribution >= 4 is 21.9 Å². The van der Waals surface area contributed by atoms with Gasteiger partial charge in [0.25, 0.3) is 0 Å². The van der Waals surface area contributed by atoms with Gasteiger partial charge < -0.3 is 4.74 Å². The SMILES string of the molecule is CCCCCCCCC(CCCCCCCC)CCC(=O)OCCCCBr. The maximum absolute atomic E-state index is 12.0. The molecule has 0 bridgehead atoms. The molecule has 0 saturated carbocycles. The Morgan fingerprint density at radius 3 is 1.74 bits per heavy atom. The summed E-state index contributed by atoms with van der Waals surface area (Å²) in [4.78, 5) is 12.0. The Morgan fingerprint density at radius 2 is 1.22 bits per heavy atom. The van der Waals surface area contributed by atoms with Gasteiger partial charge in [-0.25, -0.2) is 0 Å². The maximum atomic E-state index is 12.0. The number of carbonyl (C=O) groups excluding carboxylic acids is 1. The van der Waals surface area contributed by atoms with Gasteiger partial charge in [-0.2, -0.15) is 0 Å². The molecule has 2 nitrogen and oxygen atoms in total. The minimum absolute atomic E-state index is 0.0143. The lowest BCUT2D eigenvalue weighted by molar-refractivity contribution is -0.144. The Labute approximate surface area is 178 Å². The van der Waals surface area contributed by atoms with E-state index in [1.165, 1.54) is 89.9 Å². The number of rotatable bonds is 21. The fraction of sp³-hybridized carbons (Fsp3) is 0.958. The number of hydrogen-bond acceptors (Lipinski definition) is 2. The third kappa shape index (κ3) is 20.5. The van der Waals surface area contributed by atoms with Crippen LogP contribution in [0.2, 0.25) is 0 Å². The molecule has 27 heavy (non-hydrogen) atoms. The zero-order valence-electron chi connectivity index (χ0n) is 18.4. The van der Waals surface area contributed by atoms with Crippen LogP contribution in [0.25, 0.3) is 0 Å². The molecular weight excluding hydrogens is 400 g/mol. The van der Waals surface area contributed by atoms with Crippen molar-refractivity contribution in [1.82, 2.24) is 0 Å². The van der Waals surface area contributed by atoms with Crippen LogP contribution in [0.5, 0.6) is 0 Å². The topological polar surface area (TPSA) is 26.3 Å². The minimum atomic E-state index is 0.0143. The van der Waals surface area contributed by atoms with Gasteiger partial charge >= 0.3 is 5.97 Å². The van der Waals surface area contributed by atoms with Crippen molar-refractivity contribution in [2.24, 2.45) is 5.92 Å². The van der Waals surface area contributed by atoms with E-state index >= 15 is 0 Å². The summed E-state index contributed by atoms with van der Waals surface area (Å²) >= 11 is 3.41. The van der Waals surface area contributed by atoms with E-state index in [-0.39, 0.29) is 5.97 Å². The van der Waals surface area contributed by atoms with Gasteiger partial charge in [-0.1, -0.05) is 120 Å². The molecule has 0 radical (unpaired) electrons. The number of ether oxygens (including phenoxy) is 1. The molecule has 3 heteroatoms. The molecule has 0 atom stereocenters. The summed E-state index contributed by atoms with van der Waals surface area (Å²) in [6, 6.07) is 0. The van der Waals surface area contributed by atoms with E-state index in [9.17, 15) is 4.79 Å². The first-order valence-electron chi connectivity index (χ1n) is 12.0. The van der Waals surface area contributed by atoms with Crippen LogP contribution < -0.4 is 0 Å². The van der Waals surface area contributed by atoms with Crippen LogP contribution in [-0.4, -0.2) is 17.9 Å². The van der Waals surface area contributed by atoms with E-state index in [2.05, 4.69) is 29.8 Å². The normalized spacial score (nSPS) is 11.3. The summed E-state index contributed by atoms with van der Waals surface area (Å²) < 4.78 is 5.37. The Bertz CT molecular complexity index is 291. The van der Waals surface area contributed by atoms with Gasteiger partial charge in [0.1, 0.15) is 0 Å². The van der Waals surface area contributed by atoms with Crippen LogP contribution in [0.15, 0.2) is 0 Å². The smallest absolute Gasteiger partial charge is 0.305 e. The molecule has 0 aliphatic rings. The molecule has 0 aromatic heterocycles. The predicted molar refractivity (Wildman–Crippen MR) is 123 cm³/mol. The van der Waals surface area contributed by atoms with Gasteiger partial charge in [-0.15, -0.1) is 0 Å². The number of unbranched alkanes of at least 4 members (excludes halogenated alkanes) is 11. The summed E-state index contributed by atoms with van der Waals surface area (Å²) in [5.74, 6) is 0.734. The Morgan fingerprint density at radius 1 is 0.704 bits per heavy atom. The van der Waals surface area contributed by atoms with Crippen molar-refractivity contribution in [3.05, 3.63) is 0 Å². The van der Waals surface area contributed by atoms with Crippen LogP contribution in [0.1, 0.15) is 129 Å². The summed E-state index contributed by atoms with van der Waals surface area (Å²) in [5, 5.41) is 0.989. The molecule has 0 aliphatic heterocycles. The fourth-order valence-corrected chi connectivity index (χ4v) is 4.03. The first kappa shape index (κ1) is 27.0. The van der Waals surface area contributed by atoms with E-state index in [1.807, 2.05) is 0 Å². The van der Waals surface area contributed by atoms with Gasteiger partial charge in [-0.05, 0) is 25.2 Å². The highest BCUT2D eigenvalue weighted by Gasteiger charge is 2.12. The summed E-state index contributed by atoms with van der Waals surface area (Å²) in [6.45, 7) is 5.13. The highest BCUT2D eigenvalue weighted by atomic mass is 79.9. The Hall–Kier alpha value is -0.0500. The van der Waals surface area contributed by atoms with Crippen molar-refractivity contribution < 1.29 is 9.53 Å². The van der Waals surface area contributed by atoms with E-state index in [0.29, 0.717) is 13.0 Å². The summed E-state index contributed by atoms with van der Waals surface area (Å²) in [5.41, 5.74) is 0. The highest BCUT2D eigenvalue weighted by Crippen LogP contribution is 2.23. The van der Waals surface area contributed by atoms with Crippen LogP contribution in [0.4, 0.5) is 0 Å². The minimum Gasteiger partial charge on any atom is -0.466 e. The first-order chi connectivity index (χ1) is 13.2. The molecule has 0 fully saturated rings. The molecule has 0 rings (SSSR count).